The van der Waals surface area contributed by atoms with E-state index in [4.69, 9.17) is 0 Å². The van der Waals surface area contributed by atoms with Crippen molar-refractivity contribution in [1.29, 1.82) is 0 Å². The quantitative estimate of drug-likeness (QED) is 0.584. The molecule has 136 valence electrons. The highest BCUT2D eigenvalue weighted by Gasteiger charge is 2.29. The lowest BCUT2D eigenvalue weighted by Crippen LogP contribution is -2.34. The van der Waals surface area contributed by atoms with Crippen LogP contribution in [0.3, 0.4) is 0 Å². The Hall–Kier alpha value is -2.96. The molecule has 1 fully saturated rings. The lowest BCUT2D eigenvalue weighted by molar-refractivity contribution is -0.384. The van der Waals surface area contributed by atoms with Gasteiger partial charge in [-0.25, -0.2) is 0 Å². The van der Waals surface area contributed by atoms with Gasteiger partial charge in [0.25, 0.3) is 11.6 Å². The van der Waals surface area contributed by atoms with E-state index in [1.165, 1.54) is 6.07 Å². The van der Waals surface area contributed by atoms with E-state index >= 15 is 0 Å². The molecule has 1 aromatic carbocycles. The fourth-order valence-electron chi connectivity index (χ4n) is 2.89. The summed E-state index contributed by atoms with van der Waals surface area (Å²) in [4.78, 5) is 27.6. The van der Waals surface area contributed by atoms with Crippen molar-refractivity contribution >= 4 is 17.3 Å². The molecular formula is C19H22N4O3. The highest BCUT2D eigenvalue weighted by Crippen LogP contribution is 2.33. The van der Waals surface area contributed by atoms with E-state index in [2.05, 4.69) is 15.6 Å². The van der Waals surface area contributed by atoms with Crippen molar-refractivity contribution in [2.75, 3.05) is 5.32 Å². The zero-order valence-corrected chi connectivity index (χ0v) is 14.8. The van der Waals surface area contributed by atoms with Gasteiger partial charge in [-0.3, -0.25) is 19.9 Å². The second-order valence-electron chi connectivity index (χ2n) is 6.71. The lowest BCUT2D eigenvalue weighted by atomic mass is 10.1. The molecule has 1 aliphatic carbocycles. The van der Waals surface area contributed by atoms with Gasteiger partial charge in [0.2, 0.25) is 0 Å². The largest absolute Gasteiger partial charge is 0.371 e. The van der Waals surface area contributed by atoms with E-state index in [1.54, 1.807) is 18.3 Å². The molecule has 1 heterocycles. The summed E-state index contributed by atoms with van der Waals surface area (Å²) in [5.74, 6) is 0.242. The molecule has 2 N–H and O–H groups in total. The molecule has 26 heavy (non-hydrogen) atoms. The number of carbonyl (C=O) groups is 1. The van der Waals surface area contributed by atoms with Gasteiger partial charge in [0, 0.05) is 23.9 Å². The predicted molar refractivity (Wildman–Crippen MR) is 99.0 cm³/mol. The van der Waals surface area contributed by atoms with Crippen LogP contribution < -0.4 is 10.6 Å². The van der Waals surface area contributed by atoms with Crippen LogP contribution in [0.5, 0.6) is 0 Å². The van der Waals surface area contributed by atoms with Gasteiger partial charge in [0.15, 0.2) is 0 Å². The maximum Gasteiger partial charge on any atom is 0.293 e. The first-order valence-electron chi connectivity index (χ1n) is 8.72. The third-order valence-electron chi connectivity index (χ3n) is 4.65. The van der Waals surface area contributed by atoms with Crippen molar-refractivity contribution in [3.05, 3.63) is 64.0 Å². The number of rotatable bonds is 7. The topological polar surface area (TPSA) is 97.2 Å². The summed E-state index contributed by atoms with van der Waals surface area (Å²) in [6.07, 6.45) is 3.92. The van der Waals surface area contributed by atoms with Gasteiger partial charge in [-0.1, -0.05) is 6.07 Å². The van der Waals surface area contributed by atoms with Crippen LogP contribution in [0.2, 0.25) is 0 Å². The molecule has 3 rings (SSSR count). The Kier molecular flexibility index (Phi) is 5.16. The van der Waals surface area contributed by atoms with Crippen molar-refractivity contribution in [2.24, 2.45) is 5.92 Å². The number of amides is 1. The summed E-state index contributed by atoms with van der Waals surface area (Å²) < 4.78 is 0. The molecule has 1 saturated carbocycles. The van der Waals surface area contributed by atoms with E-state index in [9.17, 15) is 14.9 Å². The molecule has 2 atom stereocenters. The highest BCUT2D eigenvalue weighted by molar-refractivity contribution is 5.96. The molecule has 7 nitrogen and oxygen atoms in total. The Morgan fingerprint density at radius 3 is 2.65 bits per heavy atom. The fourth-order valence-corrected chi connectivity index (χ4v) is 2.89. The summed E-state index contributed by atoms with van der Waals surface area (Å²) in [7, 11) is 0. The molecule has 0 radical (unpaired) electrons. The van der Waals surface area contributed by atoms with E-state index in [0.29, 0.717) is 17.2 Å². The number of carbonyl (C=O) groups excluding carboxylic acids is 1. The number of hydrogen-bond acceptors (Lipinski definition) is 5. The number of nitrogens with one attached hydrogen (secondary N) is 2. The average molecular weight is 354 g/mol. The average Bonchev–Trinajstić information content (AvgIpc) is 3.47. The normalized spacial score (nSPS) is 15.8. The number of nitro groups is 1. The highest BCUT2D eigenvalue weighted by atomic mass is 16.6. The first-order valence-corrected chi connectivity index (χ1v) is 8.72. The van der Waals surface area contributed by atoms with Crippen molar-refractivity contribution in [3.8, 4) is 0 Å². The van der Waals surface area contributed by atoms with Crippen LogP contribution in [0.25, 0.3) is 0 Å². The van der Waals surface area contributed by atoms with E-state index < -0.39 is 4.92 Å². The van der Waals surface area contributed by atoms with E-state index in [0.717, 1.165) is 18.5 Å². The number of nitro benzene ring substituents is 1. The minimum absolute atomic E-state index is 0.0866. The third-order valence-corrected chi connectivity index (χ3v) is 4.65. The molecule has 1 aromatic heterocycles. The Morgan fingerprint density at radius 1 is 1.27 bits per heavy atom. The van der Waals surface area contributed by atoms with Crippen LogP contribution in [0, 0.1) is 16.0 Å². The number of pyridine rings is 1. The van der Waals surface area contributed by atoms with Gasteiger partial charge < -0.3 is 10.6 Å². The third kappa shape index (κ3) is 4.17. The van der Waals surface area contributed by atoms with Crippen LogP contribution in [0.4, 0.5) is 11.4 Å². The maximum atomic E-state index is 12.4. The second-order valence-corrected chi connectivity index (χ2v) is 6.71. The molecule has 0 bridgehead atoms. The molecule has 1 aliphatic rings. The number of aromatic nitrogens is 1. The number of nitrogens with zero attached hydrogens (tertiary/aromatic N) is 2. The number of hydrogen-bond donors (Lipinski definition) is 2. The zero-order chi connectivity index (χ0) is 18.7. The Balaban J connectivity index is 1.78. The zero-order valence-electron chi connectivity index (χ0n) is 14.8. The Bertz CT molecular complexity index is 806. The van der Waals surface area contributed by atoms with E-state index in [-0.39, 0.29) is 23.7 Å². The van der Waals surface area contributed by atoms with Gasteiger partial charge in [0.05, 0.1) is 16.7 Å². The van der Waals surface area contributed by atoms with Gasteiger partial charge in [-0.2, -0.15) is 0 Å². The minimum Gasteiger partial charge on any atom is -0.371 e. The molecule has 2 aromatic rings. The van der Waals surface area contributed by atoms with Crippen LogP contribution in [-0.4, -0.2) is 21.9 Å². The monoisotopic (exact) mass is 354 g/mol. The van der Waals surface area contributed by atoms with Gasteiger partial charge in [-0.15, -0.1) is 0 Å². The molecule has 7 heteroatoms. The second kappa shape index (κ2) is 7.51. The van der Waals surface area contributed by atoms with Crippen LogP contribution in [0.15, 0.2) is 42.6 Å². The van der Waals surface area contributed by atoms with Crippen molar-refractivity contribution in [1.82, 2.24) is 10.3 Å². The number of anilines is 1. The van der Waals surface area contributed by atoms with Gasteiger partial charge >= 0.3 is 0 Å². The Morgan fingerprint density at radius 2 is 2.04 bits per heavy atom. The van der Waals surface area contributed by atoms with Crippen LogP contribution in [-0.2, 0) is 0 Å². The first-order chi connectivity index (χ1) is 12.5. The van der Waals surface area contributed by atoms with Crippen molar-refractivity contribution in [3.63, 3.8) is 0 Å². The van der Waals surface area contributed by atoms with Crippen LogP contribution >= 0.6 is 0 Å². The molecule has 0 spiro atoms. The summed E-state index contributed by atoms with van der Waals surface area (Å²) in [5.41, 5.74) is 1.31. The first kappa shape index (κ1) is 17.8. The molecule has 0 saturated heterocycles. The summed E-state index contributed by atoms with van der Waals surface area (Å²) in [6.45, 7) is 3.85. The fraction of sp³-hybridized carbons (Fsp3) is 0.368. The molecule has 2 unspecified atom stereocenters. The summed E-state index contributed by atoms with van der Waals surface area (Å²) in [6, 6.07) is 9.92. The predicted octanol–water partition coefficient (Wildman–Crippen LogP) is 3.69. The Labute approximate surface area is 152 Å². The maximum absolute atomic E-state index is 12.4. The SMILES string of the molecule is CC(Nc1ccc(C(=O)NC(C)C2CC2)cc1[N+](=O)[O-])c1ccccn1. The smallest absolute Gasteiger partial charge is 0.293 e. The van der Waals surface area contributed by atoms with Crippen molar-refractivity contribution < 1.29 is 9.72 Å². The lowest BCUT2D eigenvalue weighted by Gasteiger charge is -2.16. The summed E-state index contributed by atoms with van der Waals surface area (Å²) in [5, 5.41) is 17.5. The standard InChI is InChI=1S/C19H22N4O3/c1-12(14-6-7-14)22-19(24)15-8-9-17(18(11-15)23(25)26)21-13(2)16-5-3-4-10-20-16/h3-5,8-14,21H,6-7H2,1-2H3,(H,22,24). The number of benzene rings is 1. The molecular weight excluding hydrogens is 332 g/mol. The van der Waals surface area contributed by atoms with Gasteiger partial charge in [-0.05, 0) is 56.9 Å². The molecule has 0 aliphatic heterocycles. The van der Waals surface area contributed by atoms with Crippen LogP contribution in [0.1, 0.15) is 48.8 Å². The molecule has 1 amide bonds. The minimum atomic E-state index is -0.478. The van der Waals surface area contributed by atoms with Crippen molar-refractivity contribution in [2.45, 2.75) is 38.8 Å². The van der Waals surface area contributed by atoms with Gasteiger partial charge in [0.1, 0.15) is 5.69 Å². The van der Waals surface area contributed by atoms with E-state index in [1.807, 2.05) is 32.0 Å². The summed E-state index contributed by atoms with van der Waals surface area (Å²) >= 11 is 0.